The number of hydrogen-bond donors (Lipinski definition) is 3. The predicted octanol–water partition coefficient (Wildman–Crippen LogP) is 3.53. The van der Waals surface area contributed by atoms with Gasteiger partial charge in [-0.1, -0.05) is 48.3 Å². The van der Waals surface area contributed by atoms with Gasteiger partial charge in [-0.15, -0.1) is 0 Å². The van der Waals surface area contributed by atoms with Gasteiger partial charge in [0.15, 0.2) is 0 Å². The molecule has 0 bridgehead atoms. The van der Waals surface area contributed by atoms with E-state index in [4.69, 9.17) is 33.0 Å². The zero-order valence-corrected chi connectivity index (χ0v) is 19.6. The molecule has 31 heavy (non-hydrogen) atoms. The van der Waals surface area contributed by atoms with Gasteiger partial charge in [0.1, 0.15) is 5.76 Å². The van der Waals surface area contributed by atoms with Crippen molar-refractivity contribution < 1.29 is 19.7 Å². The van der Waals surface area contributed by atoms with Gasteiger partial charge in [0.05, 0.1) is 30.5 Å². The SMILES string of the molecule is CCN1C/C=C\C(OC)=C(\Cl)C(C)C=C1C(=O)N[C@H](CO)c1ccc(CCO)cc1Cl. The molecule has 1 amide bonds. The van der Waals surface area contributed by atoms with Crippen molar-refractivity contribution >= 4 is 29.1 Å². The standard InChI is InChI=1S/C23H30Cl2N2O4/c1-4-27-10-5-6-21(31-3)22(25)15(2)12-20(27)23(30)26-19(14-29)17-8-7-16(9-11-28)13-18(17)24/h5-8,12-13,15,19,28-29H,4,9-11,14H2,1-3H3,(H,26,30)/b6-5-,20-12?,22-21-/t15?,19-/m1/s1. The highest BCUT2D eigenvalue weighted by Gasteiger charge is 2.24. The first-order valence-corrected chi connectivity index (χ1v) is 11.0. The molecule has 2 atom stereocenters. The zero-order valence-electron chi connectivity index (χ0n) is 18.1. The number of nitrogens with zero attached hydrogens (tertiary/aromatic N) is 1. The van der Waals surface area contributed by atoms with Crippen molar-refractivity contribution in [3.05, 3.63) is 69.1 Å². The number of carbonyl (C=O) groups excluding carboxylic acids is 1. The minimum Gasteiger partial charge on any atom is -0.496 e. The van der Waals surface area contributed by atoms with E-state index < -0.39 is 6.04 Å². The highest BCUT2D eigenvalue weighted by atomic mass is 35.5. The molecule has 3 N–H and O–H groups in total. The van der Waals surface area contributed by atoms with Crippen LogP contribution in [0.1, 0.15) is 31.0 Å². The molecule has 0 saturated carbocycles. The molecule has 0 radical (unpaired) electrons. The minimum absolute atomic E-state index is 0.0191. The third-order valence-electron chi connectivity index (χ3n) is 5.14. The summed E-state index contributed by atoms with van der Waals surface area (Å²) in [6, 6.07) is 4.65. The maximum absolute atomic E-state index is 13.2. The van der Waals surface area contributed by atoms with Crippen molar-refractivity contribution in [2.45, 2.75) is 26.3 Å². The van der Waals surface area contributed by atoms with Crippen molar-refractivity contribution in [2.24, 2.45) is 5.92 Å². The Morgan fingerprint density at radius 1 is 1.35 bits per heavy atom. The van der Waals surface area contributed by atoms with E-state index in [1.54, 1.807) is 31.4 Å². The fourth-order valence-corrected chi connectivity index (χ4v) is 3.92. The summed E-state index contributed by atoms with van der Waals surface area (Å²) in [5.41, 5.74) is 1.95. The Morgan fingerprint density at radius 3 is 2.68 bits per heavy atom. The Hall–Kier alpha value is -1.99. The molecule has 0 saturated heterocycles. The van der Waals surface area contributed by atoms with E-state index in [-0.39, 0.29) is 25.0 Å². The lowest BCUT2D eigenvalue weighted by atomic mass is 10.0. The van der Waals surface area contributed by atoms with Crippen LogP contribution in [-0.4, -0.2) is 54.4 Å². The average molecular weight is 469 g/mol. The Bertz CT molecular complexity index is 867. The summed E-state index contributed by atoms with van der Waals surface area (Å²) in [6.07, 6.45) is 5.98. The predicted molar refractivity (Wildman–Crippen MR) is 124 cm³/mol. The maximum atomic E-state index is 13.2. The van der Waals surface area contributed by atoms with Gasteiger partial charge in [0.25, 0.3) is 5.91 Å². The van der Waals surface area contributed by atoms with Crippen LogP contribution < -0.4 is 5.32 Å². The number of hydrogen-bond acceptors (Lipinski definition) is 5. The van der Waals surface area contributed by atoms with E-state index in [9.17, 15) is 9.90 Å². The molecule has 1 aromatic carbocycles. The first-order chi connectivity index (χ1) is 14.9. The fourth-order valence-electron chi connectivity index (χ4n) is 3.38. The molecule has 170 valence electrons. The van der Waals surface area contributed by atoms with Crippen LogP contribution in [0.15, 0.2) is 52.9 Å². The summed E-state index contributed by atoms with van der Waals surface area (Å²) in [5.74, 6) is -0.0174. The van der Waals surface area contributed by atoms with Crippen molar-refractivity contribution in [1.29, 1.82) is 0 Å². The van der Waals surface area contributed by atoms with Gasteiger partial charge in [0, 0.05) is 30.6 Å². The smallest absolute Gasteiger partial charge is 0.267 e. The van der Waals surface area contributed by atoms with E-state index >= 15 is 0 Å². The van der Waals surface area contributed by atoms with Gasteiger partial charge >= 0.3 is 0 Å². The lowest BCUT2D eigenvalue weighted by Crippen LogP contribution is -2.38. The lowest BCUT2D eigenvalue weighted by molar-refractivity contribution is -0.120. The van der Waals surface area contributed by atoms with Crippen LogP contribution in [0.25, 0.3) is 0 Å². The van der Waals surface area contributed by atoms with Gasteiger partial charge < -0.3 is 25.2 Å². The second-order valence-electron chi connectivity index (χ2n) is 7.24. The van der Waals surface area contributed by atoms with Gasteiger partial charge in [-0.2, -0.15) is 0 Å². The maximum Gasteiger partial charge on any atom is 0.267 e. The number of nitrogens with one attached hydrogen (secondary N) is 1. The number of carbonyl (C=O) groups is 1. The molecule has 0 aliphatic carbocycles. The molecule has 8 heteroatoms. The molecule has 1 heterocycles. The molecule has 0 spiro atoms. The Balaban J connectivity index is 2.33. The van der Waals surface area contributed by atoms with Crippen LogP contribution in [0.4, 0.5) is 0 Å². The van der Waals surface area contributed by atoms with Crippen LogP contribution in [-0.2, 0) is 16.0 Å². The number of ether oxygens (including phenoxy) is 1. The molecule has 1 unspecified atom stereocenters. The molecular weight excluding hydrogens is 439 g/mol. The monoisotopic (exact) mass is 468 g/mol. The molecule has 6 nitrogen and oxygen atoms in total. The lowest BCUT2D eigenvalue weighted by Gasteiger charge is -2.27. The highest BCUT2D eigenvalue weighted by molar-refractivity contribution is 6.31. The first kappa shape index (κ1) is 25.3. The van der Waals surface area contributed by atoms with Crippen molar-refractivity contribution in [1.82, 2.24) is 10.2 Å². The number of methoxy groups -OCH3 is 1. The van der Waals surface area contributed by atoms with E-state index in [1.165, 1.54) is 0 Å². The summed E-state index contributed by atoms with van der Waals surface area (Å²) in [6.45, 7) is 4.67. The van der Waals surface area contributed by atoms with E-state index in [0.717, 1.165) is 5.56 Å². The van der Waals surface area contributed by atoms with Crippen molar-refractivity contribution in [2.75, 3.05) is 33.4 Å². The van der Waals surface area contributed by atoms with Gasteiger partial charge in [-0.05, 0) is 42.7 Å². The molecule has 0 fully saturated rings. The Morgan fingerprint density at radius 2 is 2.10 bits per heavy atom. The number of benzene rings is 1. The molecule has 0 aromatic heterocycles. The quantitative estimate of drug-likeness (QED) is 0.543. The van der Waals surface area contributed by atoms with E-state index in [2.05, 4.69) is 5.32 Å². The van der Waals surface area contributed by atoms with Gasteiger partial charge in [0.2, 0.25) is 0 Å². The summed E-state index contributed by atoms with van der Waals surface area (Å²) in [7, 11) is 1.56. The second kappa shape index (κ2) is 12.2. The number of aliphatic hydroxyl groups excluding tert-OH is 2. The third-order valence-corrected chi connectivity index (χ3v) is 6.00. The molecule has 1 aromatic rings. The van der Waals surface area contributed by atoms with Gasteiger partial charge in [-0.3, -0.25) is 4.79 Å². The van der Waals surface area contributed by atoms with Crippen LogP contribution in [0, 0.1) is 5.92 Å². The fraction of sp³-hybridized carbons (Fsp3) is 0.435. The van der Waals surface area contributed by atoms with Crippen LogP contribution >= 0.6 is 23.2 Å². The first-order valence-electron chi connectivity index (χ1n) is 10.2. The topological polar surface area (TPSA) is 82.0 Å². The molecular formula is C23H30Cl2N2O4. The molecule has 1 aliphatic rings. The van der Waals surface area contributed by atoms with Crippen molar-refractivity contribution in [3.8, 4) is 0 Å². The summed E-state index contributed by atoms with van der Waals surface area (Å²) in [5, 5.41) is 22.9. The molecule has 2 rings (SSSR count). The Kier molecular flexibility index (Phi) is 9.91. The number of allylic oxidation sites excluding steroid dienone is 3. The van der Waals surface area contributed by atoms with Crippen LogP contribution in [0.5, 0.6) is 0 Å². The summed E-state index contributed by atoms with van der Waals surface area (Å²) < 4.78 is 5.36. The highest BCUT2D eigenvalue weighted by Crippen LogP contribution is 2.28. The number of likely N-dealkylation sites (N-methyl/N-ethyl adjacent to an activating group) is 1. The number of rotatable bonds is 8. The van der Waals surface area contributed by atoms with Gasteiger partial charge in [-0.25, -0.2) is 0 Å². The van der Waals surface area contributed by atoms with Crippen LogP contribution in [0.2, 0.25) is 5.02 Å². The second-order valence-corrected chi connectivity index (χ2v) is 8.05. The van der Waals surface area contributed by atoms with Crippen LogP contribution in [0.3, 0.4) is 0 Å². The largest absolute Gasteiger partial charge is 0.496 e. The average Bonchev–Trinajstić information content (AvgIpc) is 2.81. The normalized spacial score (nSPS) is 21.5. The van der Waals surface area contributed by atoms with E-state index in [0.29, 0.717) is 46.6 Å². The molecule has 1 aliphatic heterocycles. The zero-order chi connectivity index (χ0) is 23.0. The third kappa shape index (κ3) is 6.50. The van der Waals surface area contributed by atoms with Crippen molar-refractivity contribution in [3.63, 3.8) is 0 Å². The van der Waals surface area contributed by atoms with E-state index in [1.807, 2.05) is 30.9 Å². The Labute approximate surface area is 193 Å². The number of amides is 1. The summed E-state index contributed by atoms with van der Waals surface area (Å²) >= 11 is 12.9. The number of halogens is 2. The number of aliphatic hydroxyl groups is 2. The summed E-state index contributed by atoms with van der Waals surface area (Å²) in [4.78, 5) is 15.2. The minimum atomic E-state index is -0.679.